The molecule has 26 heavy (non-hydrogen) atoms. The van der Waals surface area contributed by atoms with Crippen LogP contribution < -0.4 is 5.32 Å². The van der Waals surface area contributed by atoms with Crippen LogP contribution in [0.1, 0.15) is 31.3 Å². The molecule has 1 atom stereocenters. The minimum absolute atomic E-state index is 0.0530. The number of hydrogen-bond acceptors (Lipinski definition) is 2. The van der Waals surface area contributed by atoms with Crippen LogP contribution in [0.2, 0.25) is 5.02 Å². The molecule has 0 unspecified atom stereocenters. The fourth-order valence-corrected chi connectivity index (χ4v) is 2.76. The number of benzene rings is 2. The first-order valence-electron chi connectivity index (χ1n) is 8.68. The number of nitrogens with one attached hydrogen (secondary N) is 1. The minimum atomic E-state index is -0.166. The number of amides is 1. The van der Waals surface area contributed by atoms with Crippen molar-refractivity contribution in [2.24, 2.45) is 5.92 Å². The molecule has 1 heterocycles. The Kier molecular flexibility index (Phi) is 5.43. The number of nitrogens with zero attached hydrogens (tertiary/aromatic N) is 2. The van der Waals surface area contributed by atoms with Gasteiger partial charge in [-0.3, -0.25) is 4.79 Å². The second-order valence-corrected chi connectivity index (χ2v) is 7.06. The third kappa shape index (κ3) is 3.81. The van der Waals surface area contributed by atoms with Crippen molar-refractivity contribution in [2.45, 2.75) is 26.8 Å². The molecule has 134 valence electrons. The lowest BCUT2D eigenvalue weighted by molar-refractivity contribution is 0.0922. The SMILES string of the molecule is CC(C)[C@H](C)NC(=O)c1cc(-c2ccccc2)nn1-c1ccccc1Cl. The molecule has 0 aliphatic rings. The lowest BCUT2D eigenvalue weighted by atomic mass is 10.1. The Balaban J connectivity index is 2.08. The van der Waals surface area contributed by atoms with Gasteiger partial charge in [-0.2, -0.15) is 5.10 Å². The predicted molar refractivity (Wildman–Crippen MR) is 106 cm³/mol. The van der Waals surface area contributed by atoms with Crippen molar-refractivity contribution in [3.8, 4) is 16.9 Å². The summed E-state index contributed by atoms with van der Waals surface area (Å²) in [5.41, 5.74) is 2.82. The summed E-state index contributed by atoms with van der Waals surface area (Å²) in [4.78, 5) is 12.9. The van der Waals surface area contributed by atoms with Crippen LogP contribution in [0.3, 0.4) is 0 Å². The van der Waals surface area contributed by atoms with E-state index in [2.05, 4.69) is 24.3 Å². The highest BCUT2D eigenvalue weighted by Crippen LogP contribution is 2.25. The van der Waals surface area contributed by atoms with Crippen LogP contribution in [-0.4, -0.2) is 21.7 Å². The lowest BCUT2D eigenvalue weighted by Crippen LogP contribution is -2.37. The molecule has 0 radical (unpaired) electrons. The van der Waals surface area contributed by atoms with Crippen LogP contribution in [0.4, 0.5) is 0 Å². The van der Waals surface area contributed by atoms with E-state index in [1.807, 2.05) is 55.5 Å². The van der Waals surface area contributed by atoms with Crippen molar-refractivity contribution < 1.29 is 4.79 Å². The summed E-state index contributed by atoms with van der Waals surface area (Å²) in [6.07, 6.45) is 0. The van der Waals surface area contributed by atoms with E-state index in [1.165, 1.54) is 0 Å². The van der Waals surface area contributed by atoms with Crippen molar-refractivity contribution in [3.05, 3.63) is 71.4 Å². The minimum Gasteiger partial charge on any atom is -0.348 e. The molecular formula is C21H22ClN3O. The highest BCUT2D eigenvalue weighted by molar-refractivity contribution is 6.32. The Hall–Kier alpha value is -2.59. The standard InChI is InChI=1S/C21H22ClN3O/c1-14(2)15(3)23-21(26)20-13-18(16-9-5-4-6-10-16)24-25(20)19-12-8-7-11-17(19)22/h4-15H,1-3H3,(H,23,26)/t15-/m0/s1. The molecular weight excluding hydrogens is 346 g/mol. The van der Waals surface area contributed by atoms with Gasteiger partial charge < -0.3 is 5.32 Å². The van der Waals surface area contributed by atoms with Gasteiger partial charge in [0.05, 0.1) is 16.4 Å². The number of para-hydroxylation sites is 1. The average Bonchev–Trinajstić information content (AvgIpc) is 3.08. The van der Waals surface area contributed by atoms with Gasteiger partial charge in [0, 0.05) is 11.6 Å². The monoisotopic (exact) mass is 367 g/mol. The molecule has 0 aliphatic heterocycles. The van der Waals surface area contributed by atoms with E-state index in [0.717, 1.165) is 11.3 Å². The van der Waals surface area contributed by atoms with E-state index in [4.69, 9.17) is 11.6 Å². The van der Waals surface area contributed by atoms with E-state index in [-0.39, 0.29) is 11.9 Å². The Morgan fingerprint density at radius 3 is 2.35 bits per heavy atom. The average molecular weight is 368 g/mol. The van der Waals surface area contributed by atoms with Gasteiger partial charge in [0.15, 0.2) is 0 Å². The molecule has 3 rings (SSSR count). The van der Waals surface area contributed by atoms with Gasteiger partial charge in [0.2, 0.25) is 0 Å². The van der Waals surface area contributed by atoms with Gasteiger partial charge in [-0.25, -0.2) is 4.68 Å². The quantitative estimate of drug-likeness (QED) is 0.692. The highest BCUT2D eigenvalue weighted by atomic mass is 35.5. The Bertz CT molecular complexity index is 903. The maximum absolute atomic E-state index is 12.9. The maximum Gasteiger partial charge on any atom is 0.270 e. The second-order valence-electron chi connectivity index (χ2n) is 6.65. The summed E-state index contributed by atoms with van der Waals surface area (Å²) >= 11 is 6.35. The zero-order valence-electron chi connectivity index (χ0n) is 15.1. The first-order valence-corrected chi connectivity index (χ1v) is 9.06. The van der Waals surface area contributed by atoms with E-state index >= 15 is 0 Å². The molecule has 5 heteroatoms. The van der Waals surface area contributed by atoms with Gasteiger partial charge in [-0.05, 0) is 31.0 Å². The summed E-state index contributed by atoms with van der Waals surface area (Å²) < 4.78 is 1.62. The van der Waals surface area contributed by atoms with Crippen LogP contribution >= 0.6 is 11.6 Å². The second kappa shape index (κ2) is 7.75. The summed E-state index contributed by atoms with van der Waals surface area (Å²) in [5.74, 6) is 0.171. The molecule has 0 aliphatic carbocycles. The van der Waals surface area contributed by atoms with Crippen molar-refractivity contribution in [1.29, 1.82) is 0 Å². The van der Waals surface area contributed by atoms with Crippen molar-refractivity contribution in [3.63, 3.8) is 0 Å². The largest absolute Gasteiger partial charge is 0.348 e. The van der Waals surface area contributed by atoms with E-state index in [1.54, 1.807) is 16.8 Å². The smallest absolute Gasteiger partial charge is 0.270 e. The van der Waals surface area contributed by atoms with Crippen molar-refractivity contribution >= 4 is 17.5 Å². The maximum atomic E-state index is 12.9. The molecule has 1 aromatic heterocycles. The van der Waals surface area contributed by atoms with Crippen molar-refractivity contribution in [2.75, 3.05) is 0 Å². The summed E-state index contributed by atoms with van der Waals surface area (Å²) in [5, 5.41) is 8.25. The normalized spacial score (nSPS) is 12.2. The lowest BCUT2D eigenvalue weighted by Gasteiger charge is -2.17. The molecule has 0 bridgehead atoms. The molecule has 0 saturated heterocycles. The molecule has 3 aromatic rings. The third-order valence-electron chi connectivity index (χ3n) is 4.45. The van der Waals surface area contributed by atoms with Crippen LogP contribution in [0, 0.1) is 5.92 Å². The Morgan fingerprint density at radius 1 is 1.04 bits per heavy atom. The molecule has 0 saturated carbocycles. The van der Waals surface area contributed by atoms with Crippen molar-refractivity contribution in [1.82, 2.24) is 15.1 Å². The van der Waals surface area contributed by atoms with Crippen LogP contribution in [0.5, 0.6) is 0 Å². The van der Waals surface area contributed by atoms with E-state index in [0.29, 0.717) is 22.3 Å². The number of aromatic nitrogens is 2. The molecule has 1 amide bonds. The van der Waals surface area contributed by atoms with Gasteiger partial charge in [0.25, 0.3) is 5.91 Å². The van der Waals surface area contributed by atoms with Crippen LogP contribution in [0.15, 0.2) is 60.7 Å². The first kappa shape index (κ1) is 18.2. The Morgan fingerprint density at radius 2 is 1.69 bits per heavy atom. The topological polar surface area (TPSA) is 46.9 Å². The third-order valence-corrected chi connectivity index (χ3v) is 4.77. The first-order chi connectivity index (χ1) is 12.5. The van der Waals surface area contributed by atoms with Crippen LogP contribution in [0.25, 0.3) is 16.9 Å². The number of rotatable bonds is 5. The molecule has 0 fully saturated rings. The van der Waals surface area contributed by atoms with Gasteiger partial charge >= 0.3 is 0 Å². The summed E-state index contributed by atoms with van der Waals surface area (Å²) in [6.45, 7) is 6.15. The summed E-state index contributed by atoms with van der Waals surface area (Å²) in [6, 6.07) is 19.0. The predicted octanol–water partition coefficient (Wildman–Crippen LogP) is 4.97. The molecule has 2 aromatic carbocycles. The van der Waals surface area contributed by atoms with E-state index in [9.17, 15) is 4.79 Å². The zero-order valence-corrected chi connectivity index (χ0v) is 15.9. The van der Waals surface area contributed by atoms with Crippen LogP contribution in [-0.2, 0) is 0 Å². The number of hydrogen-bond donors (Lipinski definition) is 1. The molecule has 4 nitrogen and oxygen atoms in total. The van der Waals surface area contributed by atoms with Gasteiger partial charge in [-0.15, -0.1) is 0 Å². The number of halogens is 1. The van der Waals surface area contributed by atoms with E-state index < -0.39 is 0 Å². The Labute approximate surface area is 158 Å². The summed E-state index contributed by atoms with van der Waals surface area (Å²) in [7, 11) is 0. The number of carbonyl (C=O) groups is 1. The van der Waals surface area contributed by atoms with Gasteiger partial charge in [0.1, 0.15) is 5.69 Å². The zero-order chi connectivity index (χ0) is 18.7. The number of carbonyl (C=O) groups excluding carboxylic acids is 1. The molecule has 1 N–H and O–H groups in total. The highest BCUT2D eigenvalue weighted by Gasteiger charge is 2.21. The fraction of sp³-hybridized carbons (Fsp3) is 0.238. The fourth-order valence-electron chi connectivity index (χ4n) is 2.55. The van der Waals surface area contributed by atoms with Gasteiger partial charge in [-0.1, -0.05) is 67.9 Å². The molecule has 0 spiro atoms.